The van der Waals surface area contributed by atoms with Crippen molar-refractivity contribution in [1.29, 1.82) is 0 Å². The van der Waals surface area contributed by atoms with Gasteiger partial charge in [-0.05, 0) is 43.2 Å². The Hall–Kier alpha value is -0.860. The fourth-order valence-electron chi connectivity index (χ4n) is 3.05. The first-order valence-corrected chi connectivity index (χ1v) is 7.13. The van der Waals surface area contributed by atoms with E-state index in [1.54, 1.807) is 0 Å². The van der Waals surface area contributed by atoms with Gasteiger partial charge in [0.1, 0.15) is 0 Å². The van der Waals surface area contributed by atoms with Crippen LogP contribution in [0.1, 0.15) is 55.8 Å². The quantitative estimate of drug-likeness (QED) is 0.885. The second-order valence-electron chi connectivity index (χ2n) is 5.88. The fraction of sp³-hybridized carbons (Fsp3) is 0.625. The average molecular weight is 246 g/mol. The van der Waals surface area contributed by atoms with Crippen molar-refractivity contribution < 1.29 is 9.84 Å². The third kappa shape index (κ3) is 2.32. The zero-order valence-corrected chi connectivity index (χ0v) is 11.0. The topological polar surface area (TPSA) is 29.5 Å². The number of aliphatic hydroxyl groups is 1. The Morgan fingerprint density at radius 2 is 1.94 bits per heavy atom. The van der Waals surface area contributed by atoms with E-state index in [0.29, 0.717) is 12.7 Å². The maximum absolute atomic E-state index is 10.4. The van der Waals surface area contributed by atoms with Gasteiger partial charge in [0.05, 0.1) is 18.8 Å². The highest BCUT2D eigenvalue weighted by Gasteiger charge is 2.29. The molecule has 98 valence electrons. The summed E-state index contributed by atoms with van der Waals surface area (Å²) >= 11 is 0. The zero-order valence-electron chi connectivity index (χ0n) is 11.0. The van der Waals surface area contributed by atoms with Gasteiger partial charge < -0.3 is 9.84 Å². The zero-order chi connectivity index (χ0) is 12.5. The molecule has 0 bridgehead atoms. The lowest BCUT2D eigenvalue weighted by Crippen LogP contribution is -2.13. The molecular formula is C16H22O2. The van der Waals surface area contributed by atoms with E-state index in [4.69, 9.17) is 4.74 Å². The Morgan fingerprint density at radius 3 is 2.44 bits per heavy atom. The van der Waals surface area contributed by atoms with E-state index in [-0.39, 0.29) is 12.0 Å². The van der Waals surface area contributed by atoms with Crippen LogP contribution in [0, 0.1) is 5.92 Å². The van der Waals surface area contributed by atoms with Crippen molar-refractivity contribution in [3.8, 4) is 0 Å². The van der Waals surface area contributed by atoms with Crippen LogP contribution < -0.4 is 0 Å². The van der Waals surface area contributed by atoms with Gasteiger partial charge in [0.25, 0.3) is 0 Å². The van der Waals surface area contributed by atoms with Crippen molar-refractivity contribution in [1.82, 2.24) is 0 Å². The molecule has 1 saturated carbocycles. The van der Waals surface area contributed by atoms with Crippen LogP contribution in [-0.4, -0.2) is 17.8 Å². The van der Waals surface area contributed by atoms with E-state index < -0.39 is 0 Å². The van der Waals surface area contributed by atoms with Crippen LogP contribution in [0.2, 0.25) is 0 Å². The minimum absolute atomic E-state index is 0.259. The van der Waals surface area contributed by atoms with Gasteiger partial charge in [-0.2, -0.15) is 0 Å². The van der Waals surface area contributed by atoms with Gasteiger partial charge in [-0.25, -0.2) is 0 Å². The van der Waals surface area contributed by atoms with Crippen LogP contribution >= 0.6 is 0 Å². The monoisotopic (exact) mass is 246 g/mol. The van der Waals surface area contributed by atoms with E-state index >= 15 is 0 Å². The summed E-state index contributed by atoms with van der Waals surface area (Å²) in [5, 5.41) is 10.4. The van der Waals surface area contributed by atoms with Gasteiger partial charge in [-0.1, -0.05) is 30.7 Å². The number of rotatable bonds is 3. The number of hydrogen-bond donors (Lipinski definition) is 1. The maximum Gasteiger partial charge on any atom is 0.0841 e. The first-order valence-electron chi connectivity index (χ1n) is 7.13. The van der Waals surface area contributed by atoms with Crippen LogP contribution in [0.3, 0.4) is 0 Å². The number of ether oxygens (including phenoxy) is 1. The number of benzene rings is 1. The highest BCUT2D eigenvalue weighted by Crippen LogP contribution is 2.37. The van der Waals surface area contributed by atoms with E-state index in [0.717, 1.165) is 17.9 Å². The van der Waals surface area contributed by atoms with Crippen LogP contribution in [0.5, 0.6) is 0 Å². The predicted octanol–water partition coefficient (Wildman–Crippen LogP) is 3.41. The second-order valence-corrected chi connectivity index (χ2v) is 5.88. The van der Waals surface area contributed by atoms with Gasteiger partial charge in [0.15, 0.2) is 0 Å². The Balaban J connectivity index is 1.68. The molecule has 1 aromatic rings. The molecule has 0 aromatic heterocycles. The number of hydrogen-bond acceptors (Lipinski definition) is 2. The second kappa shape index (κ2) is 5.02. The molecule has 0 radical (unpaired) electrons. The normalized spacial score (nSPS) is 30.1. The lowest BCUT2D eigenvalue weighted by molar-refractivity contribution is 0.0804. The molecular weight excluding hydrogens is 224 g/mol. The number of aliphatic hydroxyl groups excluding tert-OH is 1. The SMILES string of the molecule is CC1CC(C(O)c2ccc(C3CCC3)cc2)CO1. The van der Waals surface area contributed by atoms with Gasteiger partial charge >= 0.3 is 0 Å². The Bertz CT molecular complexity index is 394. The summed E-state index contributed by atoms with van der Waals surface area (Å²) in [6.45, 7) is 2.76. The molecule has 1 heterocycles. The first-order chi connectivity index (χ1) is 8.74. The van der Waals surface area contributed by atoms with E-state index in [1.165, 1.54) is 24.8 Å². The van der Waals surface area contributed by atoms with Gasteiger partial charge in [-0.3, -0.25) is 0 Å². The lowest BCUT2D eigenvalue weighted by atomic mass is 9.79. The molecule has 18 heavy (non-hydrogen) atoms. The Kier molecular flexibility index (Phi) is 3.40. The van der Waals surface area contributed by atoms with Gasteiger partial charge in [0.2, 0.25) is 0 Å². The molecule has 0 spiro atoms. The van der Waals surface area contributed by atoms with Crippen molar-refractivity contribution in [3.63, 3.8) is 0 Å². The van der Waals surface area contributed by atoms with E-state index in [1.807, 2.05) is 0 Å². The highest BCUT2D eigenvalue weighted by atomic mass is 16.5. The molecule has 2 nitrogen and oxygen atoms in total. The third-order valence-corrected chi connectivity index (χ3v) is 4.53. The van der Waals surface area contributed by atoms with Crippen molar-refractivity contribution in [2.45, 2.75) is 50.7 Å². The van der Waals surface area contributed by atoms with Gasteiger partial charge in [-0.15, -0.1) is 0 Å². The average Bonchev–Trinajstić information content (AvgIpc) is 2.74. The van der Waals surface area contributed by atoms with Crippen LogP contribution in [0.4, 0.5) is 0 Å². The third-order valence-electron chi connectivity index (χ3n) is 4.53. The Morgan fingerprint density at radius 1 is 1.22 bits per heavy atom. The molecule has 3 rings (SSSR count). The van der Waals surface area contributed by atoms with Crippen molar-refractivity contribution in [2.24, 2.45) is 5.92 Å². The van der Waals surface area contributed by atoms with E-state index in [2.05, 4.69) is 31.2 Å². The summed E-state index contributed by atoms with van der Waals surface area (Å²) in [5.41, 5.74) is 2.48. The summed E-state index contributed by atoms with van der Waals surface area (Å²) in [7, 11) is 0. The summed E-state index contributed by atoms with van der Waals surface area (Å²) in [4.78, 5) is 0. The molecule has 1 saturated heterocycles. The van der Waals surface area contributed by atoms with Crippen molar-refractivity contribution >= 4 is 0 Å². The summed E-state index contributed by atoms with van der Waals surface area (Å²) in [6.07, 6.45) is 4.91. The minimum atomic E-state index is -0.370. The van der Waals surface area contributed by atoms with Crippen molar-refractivity contribution in [3.05, 3.63) is 35.4 Å². The van der Waals surface area contributed by atoms with Gasteiger partial charge in [0, 0.05) is 5.92 Å². The maximum atomic E-state index is 10.4. The molecule has 1 N–H and O–H groups in total. The molecule has 3 atom stereocenters. The predicted molar refractivity (Wildman–Crippen MR) is 71.5 cm³/mol. The molecule has 1 aliphatic carbocycles. The van der Waals surface area contributed by atoms with Crippen LogP contribution in [0.25, 0.3) is 0 Å². The van der Waals surface area contributed by atoms with E-state index in [9.17, 15) is 5.11 Å². The lowest BCUT2D eigenvalue weighted by Gasteiger charge is -2.26. The molecule has 2 aliphatic rings. The fourth-order valence-corrected chi connectivity index (χ4v) is 3.05. The summed E-state index contributed by atoms with van der Waals surface area (Å²) in [5.74, 6) is 1.03. The largest absolute Gasteiger partial charge is 0.388 e. The summed E-state index contributed by atoms with van der Waals surface area (Å²) < 4.78 is 5.54. The van der Waals surface area contributed by atoms with Crippen molar-refractivity contribution in [2.75, 3.05) is 6.61 Å². The van der Waals surface area contributed by atoms with Crippen LogP contribution in [-0.2, 0) is 4.74 Å². The molecule has 1 aromatic carbocycles. The molecule has 2 heteroatoms. The standard InChI is InChI=1S/C16H22O2/c1-11-9-15(10-18-11)16(17)14-7-5-13(6-8-14)12-3-2-4-12/h5-8,11-12,15-17H,2-4,9-10H2,1H3. The highest BCUT2D eigenvalue weighted by molar-refractivity contribution is 5.28. The first kappa shape index (κ1) is 12.2. The molecule has 1 aliphatic heterocycles. The van der Waals surface area contributed by atoms with Crippen LogP contribution in [0.15, 0.2) is 24.3 Å². The molecule has 0 amide bonds. The minimum Gasteiger partial charge on any atom is -0.388 e. The smallest absolute Gasteiger partial charge is 0.0841 e. The molecule has 3 unspecified atom stereocenters. The summed E-state index contributed by atoms with van der Waals surface area (Å²) in [6, 6.07) is 8.59. The molecule has 2 fully saturated rings. The Labute approximate surface area is 109 Å².